The van der Waals surface area contributed by atoms with Gasteiger partial charge < -0.3 is 5.32 Å². The van der Waals surface area contributed by atoms with Crippen LogP contribution in [0.15, 0.2) is 9.98 Å². The summed E-state index contributed by atoms with van der Waals surface area (Å²) in [6.45, 7) is 2.11. The minimum absolute atomic E-state index is 0.000324. The molecule has 0 aromatic heterocycles. The maximum Gasteiger partial charge on any atom is 0.295 e. The minimum atomic E-state index is -0.000324. The Bertz CT molecular complexity index is 211. The molecule has 1 rings (SSSR count). The van der Waals surface area contributed by atoms with Gasteiger partial charge in [0.05, 0.1) is 0 Å². The molecule has 0 fully saturated rings. The molecule has 0 aliphatic carbocycles. The minimum Gasteiger partial charge on any atom is -0.308 e. The van der Waals surface area contributed by atoms with Crippen molar-refractivity contribution in [1.29, 1.82) is 0 Å². The zero-order chi connectivity index (χ0) is 9.52. The highest BCUT2D eigenvalue weighted by Gasteiger charge is 2.11. The van der Waals surface area contributed by atoms with E-state index in [-0.39, 0.29) is 5.91 Å². The van der Waals surface area contributed by atoms with Crippen molar-refractivity contribution in [3.05, 3.63) is 6.29 Å². The Morgan fingerprint density at radius 3 is 2.69 bits per heavy atom. The number of nitrogens with one attached hydrogen (secondary N) is 1. The zero-order valence-electron chi connectivity index (χ0n) is 7.79. The first-order valence-electron chi connectivity index (χ1n) is 4.56. The van der Waals surface area contributed by atoms with Crippen LogP contribution in [0.1, 0.15) is 32.6 Å². The Kier molecular flexibility index (Phi) is 4.15. The largest absolute Gasteiger partial charge is 0.308 e. The number of amides is 1. The van der Waals surface area contributed by atoms with E-state index >= 15 is 0 Å². The van der Waals surface area contributed by atoms with Crippen molar-refractivity contribution in [3.63, 3.8) is 0 Å². The highest BCUT2D eigenvalue weighted by molar-refractivity contribution is 6.18. The van der Waals surface area contributed by atoms with E-state index in [0.717, 1.165) is 19.3 Å². The van der Waals surface area contributed by atoms with Gasteiger partial charge in [0.2, 0.25) is 5.91 Å². The highest BCUT2D eigenvalue weighted by Crippen LogP contribution is 2.04. The first kappa shape index (κ1) is 9.89. The molecule has 0 spiro atoms. The maximum atomic E-state index is 11.2. The molecule has 0 aromatic carbocycles. The van der Waals surface area contributed by atoms with E-state index in [1.54, 1.807) is 12.4 Å². The fraction of sp³-hybridized carbons (Fsp3) is 0.556. The molecule has 1 amide bonds. The van der Waals surface area contributed by atoms with Gasteiger partial charge >= 0.3 is 0 Å². The van der Waals surface area contributed by atoms with Crippen molar-refractivity contribution in [2.24, 2.45) is 9.98 Å². The molecule has 13 heavy (non-hydrogen) atoms. The second-order valence-electron chi connectivity index (χ2n) is 2.89. The summed E-state index contributed by atoms with van der Waals surface area (Å²) in [5, 5.41) is 2.62. The topological polar surface area (TPSA) is 53.8 Å². The predicted octanol–water partition coefficient (Wildman–Crippen LogP) is 1.29. The average molecular weight is 180 g/mol. The fourth-order valence-corrected chi connectivity index (χ4v) is 1.03. The van der Waals surface area contributed by atoms with Crippen LogP contribution in [0.3, 0.4) is 0 Å². The van der Waals surface area contributed by atoms with E-state index in [0.29, 0.717) is 12.7 Å². The first-order valence-corrected chi connectivity index (χ1v) is 4.56. The normalized spacial score (nSPS) is 15.2. The molecule has 1 radical (unpaired) electrons. The van der Waals surface area contributed by atoms with Gasteiger partial charge in [-0.05, 0) is 6.42 Å². The first-order chi connectivity index (χ1) is 6.33. The number of nitrogens with zero attached hydrogens (tertiary/aromatic N) is 2. The van der Waals surface area contributed by atoms with Crippen LogP contribution in [0.25, 0.3) is 0 Å². The maximum absolute atomic E-state index is 11.2. The summed E-state index contributed by atoms with van der Waals surface area (Å²) in [4.78, 5) is 18.9. The van der Waals surface area contributed by atoms with Gasteiger partial charge in [0.25, 0.3) is 6.29 Å². The lowest BCUT2D eigenvalue weighted by Crippen LogP contribution is -2.24. The summed E-state index contributed by atoms with van der Waals surface area (Å²) < 4.78 is 0. The van der Waals surface area contributed by atoms with Gasteiger partial charge in [-0.25, -0.2) is 9.98 Å². The number of hydrogen-bond acceptors (Lipinski definition) is 3. The molecular weight excluding hydrogens is 166 g/mol. The number of carbonyl (C=O) groups excluding carboxylic acids is 1. The standard InChI is InChI=1S/C9H14N3O/c1-2-3-4-5-8(13)12-9-10-6-7-11-9/h6-7H,2-5H2,1H3,(H,12,13). The monoisotopic (exact) mass is 180 g/mol. The van der Waals surface area contributed by atoms with Crippen LogP contribution in [0, 0.1) is 6.29 Å². The van der Waals surface area contributed by atoms with Gasteiger partial charge in [-0.2, -0.15) is 0 Å². The Morgan fingerprint density at radius 2 is 2.08 bits per heavy atom. The summed E-state index contributed by atoms with van der Waals surface area (Å²) >= 11 is 0. The molecule has 0 atom stereocenters. The second-order valence-corrected chi connectivity index (χ2v) is 2.89. The van der Waals surface area contributed by atoms with Crippen LogP contribution in [0.2, 0.25) is 0 Å². The molecule has 0 saturated carbocycles. The van der Waals surface area contributed by atoms with Crippen molar-refractivity contribution in [1.82, 2.24) is 5.32 Å². The predicted molar refractivity (Wildman–Crippen MR) is 52.5 cm³/mol. The Labute approximate surface area is 78.2 Å². The highest BCUT2D eigenvalue weighted by atomic mass is 16.1. The van der Waals surface area contributed by atoms with Gasteiger partial charge in [-0.1, -0.05) is 19.8 Å². The van der Waals surface area contributed by atoms with Crippen LogP contribution < -0.4 is 5.32 Å². The number of hydrogen-bond donors (Lipinski definition) is 1. The van der Waals surface area contributed by atoms with Crippen LogP contribution in [0.5, 0.6) is 0 Å². The third kappa shape index (κ3) is 3.83. The molecule has 0 aromatic rings. The van der Waals surface area contributed by atoms with E-state index in [2.05, 4.69) is 22.2 Å². The summed E-state index contributed by atoms with van der Waals surface area (Å²) in [6.07, 6.45) is 7.23. The van der Waals surface area contributed by atoms with E-state index in [1.807, 2.05) is 0 Å². The number of aliphatic imine (C=N–C) groups is 2. The molecule has 71 valence electrons. The van der Waals surface area contributed by atoms with Gasteiger partial charge in [0.1, 0.15) is 0 Å². The summed E-state index contributed by atoms with van der Waals surface area (Å²) in [6, 6.07) is 0. The van der Waals surface area contributed by atoms with Crippen molar-refractivity contribution in [2.75, 3.05) is 0 Å². The second kappa shape index (κ2) is 5.45. The number of unbranched alkanes of at least 4 members (excludes halogenated alkanes) is 2. The van der Waals surface area contributed by atoms with E-state index in [1.165, 1.54) is 0 Å². The molecule has 0 unspecified atom stereocenters. The quantitative estimate of drug-likeness (QED) is 0.637. The molecule has 1 aliphatic rings. The molecule has 1 aliphatic heterocycles. The smallest absolute Gasteiger partial charge is 0.295 e. The summed E-state index contributed by atoms with van der Waals surface area (Å²) in [5.41, 5.74) is 0. The molecule has 1 N–H and O–H groups in total. The molecular formula is C9H14N3O. The van der Waals surface area contributed by atoms with Gasteiger partial charge in [-0.3, -0.25) is 4.79 Å². The van der Waals surface area contributed by atoms with E-state index in [4.69, 9.17) is 0 Å². The third-order valence-corrected chi connectivity index (χ3v) is 1.72. The molecule has 4 heteroatoms. The average Bonchev–Trinajstić information content (AvgIpc) is 2.57. The van der Waals surface area contributed by atoms with Gasteiger partial charge in [-0.15, -0.1) is 0 Å². The van der Waals surface area contributed by atoms with Crippen LogP contribution >= 0.6 is 0 Å². The Morgan fingerprint density at radius 1 is 1.38 bits per heavy atom. The molecule has 4 nitrogen and oxygen atoms in total. The lowest BCUT2D eigenvalue weighted by molar-refractivity contribution is -0.121. The zero-order valence-corrected chi connectivity index (χ0v) is 7.79. The van der Waals surface area contributed by atoms with Crippen molar-refractivity contribution >= 4 is 18.3 Å². The Balaban J connectivity index is 2.10. The molecule has 0 bridgehead atoms. The lowest BCUT2D eigenvalue weighted by atomic mass is 10.2. The number of carbonyl (C=O) groups is 1. The van der Waals surface area contributed by atoms with Crippen molar-refractivity contribution < 1.29 is 4.79 Å². The van der Waals surface area contributed by atoms with Crippen molar-refractivity contribution in [3.8, 4) is 0 Å². The van der Waals surface area contributed by atoms with Crippen LogP contribution in [0.4, 0.5) is 0 Å². The van der Waals surface area contributed by atoms with Gasteiger partial charge in [0.15, 0.2) is 0 Å². The summed E-state index contributed by atoms with van der Waals surface area (Å²) in [5.74, 6) is -0.000324. The Hall–Kier alpha value is -1.19. The van der Waals surface area contributed by atoms with Crippen LogP contribution in [-0.4, -0.2) is 18.3 Å². The molecule has 0 saturated heterocycles. The van der Waals surface area contributed by atoms with E-state index in [9.17, 15) is 4.79 Å². The SMILES string of the molecule is CCCCCC(=O)N[C]1N=CC=N1. The fourth-order valence-electron chi connectivity index (χ4n) is 1.03. The van der Waals surface area contributed by atoms with Crippen LogP contribution in [-0.2, 0) is 4.79 Å². The summed E-state index contributed by atoms with van der Waals surface area (Å²) in [7, 11) is 0. The number of rotatable bonds is 5. The van der Waals surface area contributed by atoms with Crippen molar-refractivity contribution in [2.45, 2.75) is 32.6 Å². The lowest BCUT2D eigenvalue weighted by Gasteiger charge is -2.04. The van der Waals surface area contributed by atoms with E-state index < -0.39 is 0 Å². The van der Waals surface area contributed by atoms with Gasteiger partial charge in [0, 0.05) is 18.9 Å². The molecule has 1 heterocycles. The third-order valence-electron chi connectivity index (χ3n) is 1.72.